The minimum Gasteiger partial charge on any atom is -0.425 e. The van der Waals surface area contributed by atoms with Crippen LogP contribution < -0.4 is 4.74 Å². The van der Waals surface area contributed by atoms with E-state index in [0.717, 1.165) is 50.5 Å². The normalized spacial score (nSPS) is 17.8. The van der Waals surface area contributed by atoms with Crippen molar-refractivity contribution in [2.24, 2.45) is 5.92 Å². The van der Waals surface area contributed by atoms with Gasteiger partial charge in [0, 0.05) is 0 Å². The summed E-state index contributed by atoms with van der Waals surface area (Å²) >= 11 is 0. The SMILES string of the molecule is CCCCCCCc1ccc(OC(=O)C2CCC(c3ccc(CCCC)cc3)CC2)c(C#N)c1. The van der Waals surface area contributed by atoms with E-state index in [2.05, 4.69) is 44.2 Å². The molecule has 1 fully saturated rings. The van der Waals surface area contributed by atoms with Crippen LogP contribution in [-0.4, -0.2) is 5.97 Å². The van der Waals surface area contributed by atoms with Gasteiger partial charge in [-0.2, -0.15) is 5.26 Å². The molecule has 34 heavy (non-hydrogen) atoms. The molecule has 0 saturated heterocycles. The summed E-state index contributed by atoms with van der Waals surface area (Å²) in [7, 11) is 0. The number of carbonyl (C=O) groups is 1. The lowest BCUT2D eigenvalue weighted by Crippen LogP contribution is -2.25. The molecule has 1 saturated carbocycles. The lowest BCUT2D eigenvalue weighted by Gasteiger charge is -2.27. The summed E-state index contributed by atoms with van der Waals surface area (Å²) < 4.78 is 5.72. The van der Waals surface area contributed by atoms with Gasteiger partial charge in [0.2, 0.25) is 0 Å². The minimum atomic E-state index is -0.183. The van der Waals surface area contributed by atoms with Crippen molar-refractivity contribution in [2.45, 2.75) is 103 Å². The van der Waals surface area contributed by atoms with Crippen LogP contribution in [0.3, 0.4) is 0 Å². The van der Waals surface area contributed by atoms with Gasteiger partial charge >= 0.3 is 5.97 Å². The van der Waals surface area contributed by atoms with E-state index >= 15 is 0 Å². The van der Waals surface area contributed by atoms with Crippen molar-refractivity contribution in [3.8, 4) is 11.8 Å². The third kappa shape index (κ3) is 7.73. The number of hydrogen-bond acceptors (Lipinski definition) is 3. The summed E-state index contributed by atoms with van der Waals surface area (Å²) in [5.74, 6) is 0.671. The van der Waals surface area contributed by atoms with Crippen molar-refractivity contribution in [1.29, 1.82) is 5.26 Å². The molecule has 0 aliphatic heterocycles. The Bertz CT molecular complexity index is 933. The summed E-state index contributed by atoms with van der Waals surface area (Å²) in [5.41, 5.74) is 4.42. The fourth-order valence-electron chi connectivity index (χ4n) is 5.03. The number of unbranched alkanes of at least 4 members (excludes halogenated alkanes) is 5. The Morgan fingerprint density at radius 3 is 2.18 bits per heavy atom. The highest BCUT2D eigenvalue weighted by Gasteiger charge is 2.29. The highest BCUT2D eigenvalue weighted by molar-refractivity contribution is 5.76. The van der Waals surface area contributed by atoms with E-state index in [1.807, 2.05) is 18.2 Å². The molecule has 0 N–H and O–H groups in total. The molecule has 0 atom stereocenters. The summed E-state index contributed by atoms with van der Waals surface area (Å²) in [6.07, 6.45) is 14.4. The third-order valence-electron chi connectivity index (χ3n) is 7.27. The Morgan fingerprint density at radius 2 is 1.50 bits per heavy atom. The Hall–Kier alpha value is -2.60. The molecule has 2 aromatic rings. The number of benzene rings is 2. The standard InChI is InChI=1S/C31H41NO2/c1-3-5-7-8-9-11-25-14-21-30(29(22-25)23-32)34-31(33)28-19-17-27(18-20-28)26-15-12-24(13-16-26)10-6-4-2/h12-16,21-22,27-28H,3-11,17-20H2,1-2H3. The van der Waals surface area contributed by atoms with Crippen LogP contribution in [0.5, 0.6) is 5.75 Å². The number of carbonyl (C=O) groups excluding carboxylic acids is 1. The van der Waals surface area contributed by atoms with Gasteiger partial charge in [0.05, 0.1) is 11.5 Å². The molecule has 1 aliphatic carbocycles. The zero-order valence-electron chi connectivity index (χ0n) is 21.2. The Balaban J connectivity index is 1.49. The highest BCUT2D eigenvalue weighted by atomic mass is 16.5. The average molecular weight is 460 g/mol. The van der Waals surface area contributed by atoms with Gasteiger partial charge in [-0.25, -0.2) is 0 Å². The van der Waals surface area contributed by atoms with Crippen LogP contribution in [0, 0.1) is 17.2 Å². The number of esters is 1. The van der Waals surface area contributed by atoms with Crippen LogP contribution in [0.2, 0.25) is 0 Å². The molecule has 0 radical (unpaired) electrons. The lowest BCUT2D eigenvalue weighted by atomic mass is 9.78. The van der Waals surface area contributed by atoms with E-state index in [9.17, 15) is 10.1 Å². The van der Waals surface area contributed by atoms with Crippen LogP contribution in [0.15, 0.2) is 42.5 Å². The monoisotopic (exact) mass is 459 g/mol. The van der Waals surface area contributed by atoms with Gasteiger partial charge in [0.1, 0.15) is 11.8 Å². The summed E-state index contributed by atoms with van der Waals surface area (Å²) in [6, 6.07) is 17.0. The van der Waals surface area contributed by atoms with Crippen LogP contribution in [0.25, 0.3) is 0 Å². The first-order valence-electron chi connectivity index (χ1n) is 13.5. The number of hydrogen-bond donors (Lipinski definition) is 0. The van der Waals surface area contributed by atoms with Crippen molar-refractivity contribution in [2.75, 3.05) is 0 Å². The van der Waals surface area contributed by atoms with E-state index in [4.69, 9.17) is 4.74 Å². The summed E-state index contributed by atoms with van der Waals surface area (Å²) in [5, 5.41) is 9.59. The molecule has 3 rings (SSSR count). The quantitative estimate of drug-likeness (QED) is 0.182. The maximum atomic E-state index is 12.8. The first-order chi connectivity index (χ1) is 16.6. The molecule has 3 nitrogen and oxygen atoms in total. The molecule has 0 aromatic heterocycles. The molecule has 2 aromatic carbocycles. The van der Waals surface area contributed by atoms with Gasteiger partial charge in [-0.1, -0.05) is 76.3 Å². The molecular weight excluding hydrogens is 418 g/mol. The first kappa shape index (κ1) is 26.0. The molecule has 0 bridgehead atoms. The topological polar surface area (TPSA) is 50.1 Å². The van der Waals surface area contributed by atoms with Gasteiger partial charge in [-0.05, 0) is 86.1 Å². The van der Waals surface area contributed by atoms with Crippen molar-refractivity contribution in [3.63, 3.8) is 0 Å². The van der Waals surface area contributed by atoms with Crippen LogP contribution in [-0.2, 0) is 17.6 Å². The van der Waals surface area contributed by atoms with E-state index in [-0.39, 0.29) is 11.9 Å². The zero-order valence-corrected chi connectivity index (χ0v) is 21.2. The van der Waals surface area contributed by atoms with E-state index in [1.54, 1.807) is 0 Å². The molecular formula is C31H41NO2. The maximum absolute atomic E-state index is 12.8. The Morgan fingerprint density at radius 1 is 0.853 bits per heavy atom. The minimum absolute atomic E-state index is 0.0788. The number of rotatable bonds is 12. The number of ether oxygens (including phenoxy) is 1. The van der Waals surface area contributed by atoms with Crippen LogP contribution in [0.4, 0.5) is 0 Å². The maximum Gasteiger partial charge on any atom is 0.314 e. The van der Waals surface area contributed by atoms with Crippen molar-refractivity contribution in [3.05, 3.63) is 64.7 Å². The number of nitrogens with zero attached hydrogens (tertiary/aromatic N) is 1. The number of nitriles is 1. The predicted octanol–water partition coefficient (Wildman–Crippen LogP) is 8.29. The third-order valence-corrected chi connectivity index (χ3v) is 7.27. The Kier molecular flexibility index (Phi) is 10.7. The first-order valence-corrected chi connectivity index (χ1v) is 13.5. The van der Waals surface area contributed by atoms with E-state index < -0.39 is 0 Å². The fourth-order valence-corrected chi connectivity index (χ4v) is 5.03. The van der Waals surface area contributed by atoms with Gasteiger partial charge in [0.25, 0.3) is 0 Å². The Labute approximate surface area is 206 Å². The van der Waals surface area contributed by atoms with Gasteiger partial charge < -0.3 is 4.74 Å². The van der Waals surface area contributed by atoms with E-state index in [1.165, 1.54) is 49.7 Å². The lowest BCUT2D eigenvalue weighted by molar-refractivity contribution is -0.140. The van der Waals surface area contributed by atoms with Crippen LogP contribution in [0.1, 0.15) is 113 Å². The molecule has 0 spiro atoms. The molecule has 1 aliphatic rings. The molecule has 182 valence electrons. The molecule has 3 heteroatoms. The second kappa shape index (κ2) is 14.0. The highest BCUT2D eigenvalue weighted by Crippen LogP contribution is 2.37. The van der Waals surface area contributed by atoms with Crippen molar-refractivity contribution >= 4 is 5.97 Å². The van der Waals surface area contributed by atoms with Crippen molar-refractivity contribution < 1.29 is 9.53 Å². The van der Waals surface area contributed by atoms with Gasteiger partial charge in [0.15, 0.2) is 0 Å². The van der Waals surface area contributed by atoms with Crippen molar-refractivity contribution in [1.82, 2.24) is 0 Å². The van der Waals surface area contributed by atoms with Crippen LogP contribution >= 0.6 is 0 Å². The largest absolute Gasteiger partial charge is 0.425 e. The average Bonchev–Trinajstić information content (AvgIpc) is 2.88. The molecule has 0 heterocycles. The predicted molar refractivity (Wildman–Crippen MR) is 139 cm³/mol. The number of aryl methyl sites for hydroxylation is 2. The smallest absolute Gasteiger partial charge is 0.314 e. The second-order valence-corrected chi connectivity index (χ2v) is 9.92. The second-order valence-electron chi connectivity index (χ2n) is 9.92. The molecule has 0 amide bonds. The fraction of sp³-hybridized carbons (Fsp3) is 0.548. The van der Waals surface area contributed by atoms with Gasteiger partial charge in [-0.15, -0.1) is 0 Å². The van der Waals surface area contributed by atoms with Gasteiger partial charge in [-0.3, -0.25) is 4.79 Å². The van der Waals surface area contributed by atoms with E-state index in [0.29, 0.717) is 17.2 Å². The summed E-state index contributed by atoms with van der Waals surface area (Å²) in [6.45, 7) is 4.45. The summed E-state index contributed by atoms with van der Waals surface area (Å²) in [4.78, 5) is 12.8. The zero-order chi connectivity index (χ0) is 24.2. The molecule has 0 unspecified atom stereocenters.